The number of allylic oxidation sites excluding steroid dienone is 1. The number of esters is 1. The Morgan fingerprint density at radius 3 is 2.33 bits per heavy atom. The Hall–Kier alpha value is -4.11. The number of amides is 2. The Balaban J connectivity index is 1.80. The van der Waals surface area contributed by atoms with E-state index in [0.717, 1.165) is 27.4 Å². The predicted molar refractivity (Wildman–Crippen MR) is 149 cm³/mol. The maximum absolute atomic E-state index is 14.1. The first-order valence-corrected chi connectivity index (χ1v) is 13.5. The molecule has 3 heterocycles. The van der Waals surface area contributed by atoms with Gasteiger partial charge in [-0.05, 0) is 36.5 Å². The van der Waals surface area contributed by atoms with Crippen molar-refractivity contribution in [3.8, 4) is 0 Å². The molecule has 9 heteroatoms. The molecule has 0 aliphatic carbocycles. The standard InChI is InChI=1S/C30H29N3O5S/c1-7-38-28(37)22-16(2)31-29-33(24(22)18-12-14-19(15-13-18)30(4,5)6)27(36)25(39-29)23-20-10-8-9-11-21(20)32(17(3)34)26(23)35/h8-15,24H,7H2,1-6H3/t24-/m1/s1. The molecular weight excluding hydrogens is 514 g/mol. The summed E-state index contributed by atoms with van der Waals surface area (Å²) in [5.41, 5.74) is 3.12. The molecular formula is C30H29N3O5S. The van der Waals surface area contributed by atoms with Gasteiger partial charge >= 0.3 is 5.97 Å². The zero-order valence-corrected chi connectivity index (χ0v) is 23.5. The van der Waals surface area contributed by atoms with E-state index in [9.17, 15) is 19.2 Å². The number of nitrogens with zero attached hydrogens (tertiary/aromatic N) is 3. The summed E-state index contributed by atoms with van der Waals surface area (Å²) >= 11 is 1.08. The number of hydrogen-bond acceptors (Lipinski definition) is 7. The molecule has 2 aliphatic heterocycles. The number of rotatable bonds is 3. The molecule has 0 saturated carbocycles. The third kappa shape index (κ3) is 4.27. The average molecular weight is 544 g/mol. The third-order valence-corrected chi connectivity index (χ3v) is 8.01. The highest BCUT2D eigenvalue weighted by atomic mass is 32.1. The van der Waals surface area contributed by atoms with Crippen molar-refractivity contribution in [3.63, 3.8) is 0 Å². The summed E-state index contributed by atoms with van der Waals surface area (Å²) < 4.78 is 7.01. The second-order valence-corrected chi connectivity index (χ2v) is 11.5. The van der Waals surface area contributed by atoms with E-state index < -0.39 is 29.4 Å². The molecule has 2 aromatic carbocycles. The van der Waals surface area contributed by atoms with Gasteiger partial charge in [-0.25, -0.2) is 14.7 Å². The number of para-hydroxylation sites is 1. The van der Waals surface area contributed by atoms with Gasteiger partial charge in [0, 0.05) is 12.5 Å². The molecule has 5 rings (SSSR count). The summed E-state index contributed by atoms with van der Waals surface area (Å²) in [6.07, 6.45) is 0. The molecule has 200 valence electrons. The van der Waals surface area contributed by atoms with Crippen molar-refractivity contribution in [2.24, 2.45) is 4.99 Å². The van der Waals surface area contributed by atoms with E-state index >= 15 is 0 Å². The van der Waals surface area contributed by atoms with Crippen LogP contribution < -0.4 is 19.8 Å². The zero-order chi connectivity index (χ0) is 28.2. The molecule has 0 radical (unpaired) electrons. The highest BCUT2D eigenvalue weighted by Crippen LogP contribution is 2.36. The van der Waals surface area contributed by atoms with Gasteiger partial charge < -0.3 is 4.74 Å². The van der Waals surface area contributed by atoms with Crippen LogP contribution in [0.3, 0.4) is 0 Å². The monoisotopic (exact) mass is 543 g/mol. The lowest BCUT2D eigenvalue weighted by Gasteiger charge is -2.26. The first-order chi connectivity index (χ1) is 18.5. The lowest BCUT2D eigenvalue weighted by Crippen LogP contribution is -2.41. The Kier molecular flexibility index (Phi) is 6.50. The summed E-state index contributed by atoms with van der Waals surface area (Å²) in [6.45, 7) is 11.3. The van der Waals surface area contributed by atoms with E-state index in [4.69, 9.17) is 4.74 Å². The van der Waals surface area contributed by atoms with Gasteiger partial charge in [-0.2, -0.15) is 0 Å². The first kappa shape index (κ1) is 26.5. The van der Waals surface area contributed by atoms with Crippen LogP contribution >= 0.6 is 11.3 Å². The minimum Gasteiger partial charge on any atom is -0.463 e. The van der Waals surface area contributed by atoms with Gasteiger partial charge in [0.25, 0.3) is 11.5 Å². The van der Waals surface area contributed by atoms with Crippen LogP contribution in [0, 0.1) is 0 Å². The van der Waals surface area contributed by atoms with Crippen molar-refractivity contribution in [2.45, 2.75) is 53.0 Å². The number of ether oxygens (including phenoxy) is 1. The number of imide groups is 1. The maximum atomic E-state index is 14.1. The Labute approximate surface area is 229 Å². The molecule has 2 aliphatic rings. The van der Waals surface area contributed by atoms with E-state index in [1.165, 1.54) is 11.5 Å². The summed E-state index contributed by atoms with van der Waals surface area (Å²) in [6, 6.07) is 13.9. The van der Waals surface area contributed by atoms with Crippen molar-refractivity contribution in [3.05, 3.63) is 96.2 Å². The Bertz CT molecular complexity index is 1750. The fourth-order valence-corrected chi connectivity index (χ4v) is 6.21. The summed E-state index contributed by atoms with van der Waals surface area (Å²) in [5, 5.41) is 0. The normalized spacial score (nSPS) is 18.1. The van der Waals surface area contributed by atoms with Crippen molar-refractivity contribution in [1.82, 2.24) is 4.57 Å². The molecule has 0 bridgehead atoms. The van der Waals surface area contributed by atoms with Crippen molar-refractivity contribution in [1.29, 1.82) is 0 Å². The van der Waals surface area contributed by atoms with Gasteiger partial charge in [0.05, 0.1) is 35.2 Å². The molecule has 39 heavy (non-hydrogen) atoms. The van der Waals surface area contributed by atoms with Gasteiger partial charge in [0.15, 0.2) is 4.80 Å². The van der Waals surface area contributed by atoms with Crippen molar-refractivity contribution < 1.29 is 19.1 Å². The highest BCUT2D eigenvalue weighted by molar-refractivity contribution is 7.07. The zero-order valence-electron chi connectivity index (χ0n) is 22.7. The average Bonchev–Trinajstić information content (AvgIpc) is 3.35. The van der Waals surface area contributed by atoms with Gasteiger partial charge in [-0.15, -0.1) is 0 Å². The highest BCUT2D eigenvalue weighted by Gasteiger charge is 2.38. The molecule has 2 amide bonds. The van der Waals surface area contributed by atoms with E-state index in [0.29, 0.717) is 21.7 Å². The fraction of sp³-hybridized carbons (Fsp3) is 0.300. The SMILES string of the molecule is CCOC(=O)C1=C(C)N=c2sc(=C3C(=O)N(C(C)=O)c4ccccc43)c(=O)n2[C@@H]1c1ccc(C(C)(C)C)cc1. The van der Waals surface area contributed by atoms with Crippen molar-refractivity contribution >= 4 is 40.4 Å². The lowest BCUT2D eigenvalue weighted by atomic mass is 9.85. The van der Waals surface area contributed by atoms with Gasteiger partial charge in [-0.3, -0.25) is 19.0 Å². The quantitative estimate of drug-likeness (QED) is 0.472. The summed E-state index contributed by atoms with van der Waals surface area (Å²) in [7, 11) is 0. The van der Waals surface area contributed by atoms with Crippen LogP contribution in [0.1, 0.15) is 64.3 Å². The molecule has 0 spiro atoms. The first-order valence-electron chi connectivity index (χ1n) is 12.7. The predicted octanol–water partition coefficient (Wildman–Crippen LogP) is 3.36. The molecule has 3 aromatic rings. The number of anilines is 1. The van der Waals surface area contributed by atoms with Crippen LogP contribution in [0.2, 0.25) is 0 Å². The largest absolute Gasteiger partial charge is 0.463 e. The number of benzene rings is 2. The smallest absolute Gasteiger partial charge is 0.338 e. The van der Waals surface area contributed by atoms with Crippen LogP contribution in [0.25, 0.3) is 5.57 Å². The van der Waals surface area contributed by atoms with E-state index in [1.54, 1.807) is 38.1 Å². The topological polar surface area (TPSA) is 98.0 Å². The van der Waals surface area contributed by atoms with Gasteiger partial charge in [0.2, 0.25) is 5.91 Å². The maximum Gasteiger partial charge on any atom is 0.338 e. The molecule has 0 fully saturated rings. The minimum atomic E-state index is -0.792. The Morgan fingerprint density at radius 1 is 1.05 bits per heavy atom. The van der Waals surface area contributed by atoms with Crippen molar-refractivity contribution in [2.75, 3.05) is 11.5 Å². The fourth-order valence-electron chi connectivity index (χ4n) is 5.07. The third-order valence-electron chi connectivity index (χ3n) is 6.96. The second kappa shape index (κ2) is 9.57. The molecule has 1 aromatic heterocycles. The number of fused-ring (bicyclic) bond motifs is 2. The number of thiazole rings is 1. The number of aromatic nitrogens is 1. The molecule has 0 unspecified atom stereocenters. The van der Waals surface area contributed by atoms with Gasteiger partial charge in [0.1, 0.15) is 4.53 Å². The number of carbonyl (C=O) groups is 3. The Morgan fingerprint density at radius 2 is 1.72 bits per heavy atom. The molecule has 0 N–H and O–H groups in total. The number of carbonyl (C=O) groups excluding carboxylic acids is 3. The minimum absolute atomic E-state index is 0.0802. The second-order valence-electron chi connectivity index (χ2n) is 10.5. The van der Waals surface area contributed by atoms with Crippen LogP contribution in [-0.2, 0) is 24.5 Å². The van der Waals surface area contributed by atoms with E-state index in [1.807, 2.05) is 24.3 Å². The van der Waals surface area contributed by atoms with Gasteiger partial charge in [-0.1, -0.05) is 74.6 Å². The summed E-state index contributed by atoms with van der Waals surface area (Å²) in [4.78, 5) is 59.2. The van der Waals surface area contributed by atoms with E-state index in [2.05, 4.69) is 25.8 Å². The van der Waals surface area contributed by atoms with Crippen LogP contribution in [0.15, 0.2) is 69.6 Å². The molecule has 1 atom stereocenters. The van der Waals surface area contributed by atoms with E-state index in [-0.39, 0.29) is 27.7 Å². The van der Waals surface area contributed by atoms with Crippen LogP contribution in [0.4, 0.5) is 5.69 Å². The number of hydrogen-bond donors (Lipinski definition) is 0. The van der Waals surface area contributed by atoms with Crippen LogP contribution in [-0.4, -0.2) is 29.0 Å². The lowest BCUT2D eigenvalue weighted by molar-refractivity contribution is -0.139. The summed E-state index contributed by atoms with van der Waals surface area (Å²) in [5.74, 6) is -1.54. The molecule has 0 saturated heterocycles. The van der Waals surface area contributed by atoms with Crippen LogP contribution in [0.5, 0.6) is 0 Å². The molecule has 8 nitrogen and oxygen atoms in total.